The van der Waals surface area contributed by atoms with Crippen molar-refractivity contribution in [3.8, 4) is 11.5 Å². The molecule has 0 spiro atoms. The lowest BCUT2D eigenvalue weighted by molar-refractivity contribution is -0.140. The van der Waals surface area contributed by atoms with Gasteiger partial charge in [-0.1, -0.05) is 0 Å². The molecule has 0 radical (unpaired) electrons. The summed E-state index contributed by atoms with van der Waals surface area (Å²) in [4.78, 5) is 43.7. The minimum atomic E-state index is -1.21. The summed E-state index contributed by atoms with van der Waals surface area (Å²) in [5, 5.41) is 26.2. The maximum atomic E-state index is 11.5. The van der Waals surface area contributed by atoms with E-state index >= 15 is 0 Å². The van der Waals surface area contributed by atoms with Crippen LogP contribution in [0.5, 0.6) is 11.5 Å². The van der Waals surface area contributed by atoms with Crippen molar-refractivity contribution in [1.82, 2.24) is 0 Å². The van der Waals surface area contributed by atoms with E-state index in [2.05, 4.69) is 9.47 Å². The van der Waals surface area contributed by atoms with Crippen molar-refractivity contribution in [2.75, 3.05) is 21.3 Å². The third-order valence-electron chi connectivity index (χ3n) is 3.94. The average molecular weight is 434 g/mol. The zero-order chi connectivity index (χ0) is 23.6. The van der Waals surface area contributed by atoms with Gasteiger partial charge in [0.05, 0.1) is 45.3 Å². The van der Waals surface area contributed by atoms with Gasteiger partial charge < -0.3 is 29.5 Å². The maximum Gasteiger partial charge on any atom is 0.338 e. The number of ether oxygens (including phenoxy) is 3. The van der Waals surface area contributed by atoms with E-state index in [4.69, 9.17) is 20.1 Å². The second-order valence-electron chi connectivity index (χ2n) is 5.98. The van der Waals surface area contributed by atoms with Crippen LogP contribution in [0.15, 0.2) is 36.4 Å². The van der Waals surface area contributed by atoms with E-state index in [1.54, 1.807) is 18.2 Å². The number of aromatic hydroxyl groups is 1. The number of aromatic carboxylic acids is 1. The van der Waals surface area contributed by atoms with Crippen molar-refractivity contribution >= 4 is 23.9 Å². The number of esters is 2. The summed E-state index contributed by atoms with van der Waals surface area (Å²) in [6.07, 6.45) is -0.422. The molecule has 0 aromatic heterocycles. The number of phenolic OH excluding ortho intramolecular Hbond substituents is 1. The Kier molecular flexibility index (Phi) is 9.51. The Bertz CT molecular complexity index is 965. The van der Waals surface area contributed by atoms with Crippen molar-refractivity contribution in [2.24, 2.45) is 0 Å². The van der Waals surface area contributed by atoms with Crippen molar-refractivity contribution in [2.45, 2.75) is 12.8 Å². The van der Waals surface area contributed by atoms with E-state index in [9.17, 15) is 19.2 Å². The molecule has 0 saturated heterocycles. The predicted molar refractivity (Wildman–Crippen MR) is 106 cm³/mol. The van der Waals surface area contributed by atoms with Gasteiger partial charge in [-0.05, 0) is 47.5 Å². The van der Waals surface area contributed by atoms with Crippen LogP contribution in [-0.2, 0) is 31.9 Å². The first kappa shape index (κ1) is 25.0. The summed E-state index contributed by atoms with van der Waals surface area (Å²) >= 11 is 0. The summed E-state index contributed by atoms with van der Waals surface area (Å²) in [7, 11) is 4.09. The highest BCUT2D eigenvalue weighted by molar-refractivity contribution is 5.93. The van der Waals surface area contributed by atoms with Gasteiger partial charge in [0.25, 0.3) is 0 Å². The molecule has 0 unspecified atom stereocenters. The van der Waals surface area contributed by atoms with Crippen LogP contribution in [0, 0.1) is 0 Å². The van der Waals surface area contributed by atoms with Gasteiger partial charge in [0.2, 0.25) is 0 Å². The molecule has 0 aliphatic carbocycles. The van der Waals surface area contributed by atoms with Crippen molar-refractivity contribution in [3.05, 3.63) is 58.7 Å². The Morgan fingerprint density at radius 1 is 0.806 bits per heavy atom. The molecule has 3 N–H and O–H groups in total. The first-order valence-corrected chi connectivity index (χ1v) is 8.71. The zero-order valence-electron chi connectivity index (χ0n) is 17.1. The van der Waals surface area contributed by atoms with E-state index < -0.39 is 30.3 Å². The van der Waals surface area contributed by atoms with Gasteiger partial charge in [0.1, 0.15) is 11.5 Å². The first-order chi connectivity index (χ1) is 14.6. The third-order valence-corrected chi connectivity index (χ3v) is 3.94. The molecule has 0 bridgehead atoms. The fraction of sp³-hybridized carbons (Fsp3) is 0.238. The molecule has 0 amide bonds. The molecule has 0 atom stereocenters. The predicted octanol–water partition coefficient (Wildman–Crippen LogP) is 1.91. The summed E-state index contributed by atoms with van der Waals surface area (Å²) in [5.74, 6) is -2.85. The Morgan fingerprint density at radius 2 is 1.42 bits per heavy atom. The number of aliphatic carboxylic acids is 1. The number of hydrogen-bond donors (Lipinski definition) is 3. The van der Waals surface area contributed by atoms with Gasteiger partial charge in [0, 0.05) is 0 Å². The highest BCUT2D eigenvalue weighted by atomic mass is 16.5. The molecular weight excluding hydrogens is 412 g/mol. The van der Waals surface area contributed by atoms with Crippen LogP contribution in [0.1, 0.15) is 31.8 Å². The number of phenols is 1. The average Bonchev–Trinajstić information content (AvgIpc) is 2.72. The third kappa shape index (κ3) is 7.69. The molecule has 0 aliphatic heterocycles. The lowest BCUT2D eigenvalue weighted by Crippen LogP contribution is -2.11. The molecule has 10 nitrogen and oxygen atoms in total. The number of hydrogen-bond acceptors (Lipinski definition) is 8. The Labute approximate surface area is 177 Å². The highest BCUT2D eigenvalue weighted by Crippen LogP contribution is 2.19. The maximum absolute atomic E-state index is 11.5. The molecular formula is C21H22O10. The normalized spacial score (nSPS) is 9.65. The van der Waals surface area contributed by atoms with Crippen LogP contribution >= 0.6 is 0 Å². The monoisotopic (exact) mass is 434 g/mol. The topological polar surface area (TPSA) is 157 Å². The molecule has 166 valence electrons. The Hall–Kier alpha value is -4.08. The number of rotatable bonds is 7. The molecule has 0 saturated carbocycles. The van der Waals surface area contributed by atoms with Crippen LogP contribution in [0.25, 0.3) is 0 Å². The van der Waals surface area contributed by atoms with E-state index in [1.807, 2.05) is 0 Å². The van der Waals surface area contributed by atoms with Crippen LogP contribution in [0.4, 0.5) is 0 Å². The molecule has 2 aromatic rings. The van der Waals surface area contributed by atoms with Crippen LogP contribution in [0.3, 0.4) is 0 Å². The minimum absolute atomic E-state index is 0.00185. The molecule has 2 aromatic carbocycles. The molecule has 0 heterocycles. The van der Waals surface area contributed by atoms with Crippen LogP contribution < -0.4 is 4.74 Å². The van der Waals surface area contributed by atoms with E-state index in [0.29, 0.717) is 16.9 Å². The van der Waals surface area contributed by atoms with Crippen molar-refractivity contribution < 1.29 is 48.7 Å². The lowest BCUT2D eigenvalue weighted by atomic mass is 10.0. The number of carbonyl (C=O) groups is 4. The minimum Gasteiger partial charge on any atom is -0.508 e. The van der Waals surface area contributed by atoms with Gasteiger partial charge in [-0.3, -0.25) is 9.59 Å². The summed E-state index contributed by atoms with van der Waals surface area (Å²) in [6, 6.07) is 8.32. The highest BCUT2D eigenvalue weighted by Gasteiger charge is 2.16. The number of carboxylic acids is 2. The van der Waals surface area contributed by atoms with Crippen molar-refractivity contribution in [1.29, 1.82) is 0 Å². The number of benzene rings is 2. The van der Waals surface area contributed by atoms with E-state index in [0.717, 1.165) is 6.07 Å². The number of methoxy groups -OCH3 is 3. The SMILES string of the molecule is COC(=O)Cc1cc(OC)ccc1C(=O)OC.O=C(O)Cc1cc(O)ccc1C(=O)O. The van der Waals surface area contributed by atoms with Crippen molar-refractivity contribution in [3.63, 3.8) is 0 Å². The second-order valence-corrected chi connectivity index (χ2v) is 5.98. The number of carbonyl (C=O) groups excluding carboxylic acids is 2. The van der Waals surface area contributed by atoms with E-state index in [1.165, 1.54) is 33.5 Å². The van der Waals surface area contributed by atoms with Crippen LogP contribution in [-0.4, -0.2) is 60.5 Å². The molecule has 2 rings (SSSR count). The molecule has 0 fully saturated rings. The van der Waals surface area contributed by atoms with Gasteiger partial charge in [-0.2, -0.15) is 0 Å². The Morgan fingerprint density at radius 3 is 1.94 bits per heavy atom. The quantitative estimate of drug-likeness (QED) is 0.550. The fourth-order valence-corrected chi connectivity index (χ4v) is 2.48. The Balaban J connectivity index is 0.000000316. The van der Waals surface area contributed by atoms with E-state index in [-0.39, 0.29) is 23.3 Å². The second kappa shape index (κ2) is 11.8. The van der Waals surface area contributed by atoms with Gasteiger partial charge in [-0.15, -0.1) is 0 Å². The molecule has 0 aliphatic rings. The summed E-state index contributed by atoms with van der Waals surface area (Å²) in [6.45, 7) is 0. The molecule has 10 heteroatoms. The zero-order valence-corrected chi connectivity index (χ0v) is 17.1. The standard InChI is InChI=1S/C12H14O5.C9H8O5/c1-15-9-4-5-10(12(14)17-3)8(6-9)7-11(13)16-2;10-6-1-2-7(9(13)14)5(3-6)4-8(11)12/h4-6H,7H2,1-3H3;1-3,10H,4H2,(H,11,12)(H,13,14). The summed E-state index contributed by atoms with van der Waals surface area (Å²) < 4.78 is 14.2. The van der Waals surface area contributed by atoms with Crippen LogP contribution in [0.2, 0.25) is 0 Å². The largest absolute Gasteiger partial charge is 0.508 e. The first-order valence-electron chi connectivity index (χ1n) is 8.71. The number of carboxylic acid groups (broad SMARTS) is 2. The van der Waals surface area contributed by atoms with Gasteiger partial charge in [0.15, 0.2) is 0 Å². The smallest absolute Gasteiger partial charge is 0.338 e. The van der Waals surface area contributed by atoms with Gasteiger partial charge in [-0.25, -0.2) is 9.59 Å². The molecule has 31 heavy (non-hydrogen) atoms. The lowest BCUT2D eigenvalue weighted by Gasteiger charge is -2.09. The van der Waals surface area contributed by atoms with Gasteiger partial charge >= 0.3 is 23.9 Å². The summed E-state index contributed by atoms with van der Waals surface area (Å²) in [5.41, 5.74) is 0.831. The fourth-order valence-electron chi connectivity index (χ4n) is 2.48.